The van der Waals surface area contributed by atoms with Gasteiger partial charge in [0.2, 0.25) is 5.91 Å². The molecule has 0 saturated carbocycles. The number of fused-ring (bicyclic) bond motifs is 1. The zero-order valence-electron chi connectivity index (χ0n) is 20.3. The third-order valence-corrected chi connectivity index (χ3v) is 6.53. The third-order valence-electron chi connectivity index (χ3n) is 6.53. The van der Waals surface area contributed by atoms with Crippen molar-refractivity contribution in [2.24, 2.45) is 0 Å². The van der Waals surface area contributed by atoms with Gasteiger partial charge in [-0.3, -0.25) is 9.59 Å². The van der Waals surface area contributed by atoms with Gasteiger partial charge in [-0.05, 0) is 55.0 Å². The van der Waals surface area contributed by atoms with Crippen LogP contribution in [0.15, 0.2) is 78.9 Å². The van der Waals surface area contributed by atoms with Gasteiger partial charge < -0.3 is 20.6 Å². The molecule has 1 heterocycles. The molecule has 3 aromatic rings. The molecule has 0 radical (unpaired) electrons. The van der Waals surface area contributed by atoms with Crippen molar-refractivity contribution in [2.45, 2.75) is 51.2 Å². The molecule has 186 valence electrons. The minimum atomic E-state index is -0.955. The number of aliphatic carboxylic acids is 1. The lowest BCUT2D eigenvalue weighted by Gasteiger charge is -2.38. The number of urea groups is 1. The largest absolute Gasteiger partial charge is 0.481 e. The fraction of sp³-hybridized carbons (Fsp3) is 0.276. The Balaban J connectivity index is 1.55. The van der Waals surface area contributed by atoms with Gasteiger partial charge in [0.05, 0.1) is 6.42 Å². The SMILES string of the molecule is Cc1ccc(NC(=O)N[C@@H](CCc2ccccc2)C(=O)N2Cc3ccccc3C[C@@H]2CC(=O)O)cc1. The van der Waals surface area contributed by atoms with E-state index in [0.29, 0.717) is 31.5 Å². The molecule has 0 bridgehead atoms. The molecule has 36 heavy (non-hydrogen) atoms. The van der Waals surface area contributed by atoms with Gasteiger partial charge in [0.1, 0.15) is 6.04 Å². The molecule has 4 rings (SSSR count). The summed E-state index contributed by atoms with van der Waals surface area (Å²) in [5.74, 6) is -1.23. The molecule has 1 aliphatic heterocycles. The highest BCUT2D eigenvalue weighted by Crippen LogP contribution is 2.26. The van der Waals surface area contributed by atoms with Crippen LogP contribution in [-0.4, -0.2) is 40.0 Å². The Labute approximate surface area is 211 Å². The van der Waals surface area contributed by atoms with Crippen LogP contribution in [0.5, 0.6) is 0 Å². The first-order valence-electron chi connectivity index (χ1n) is 12.2. The van der Waals surface area contributed by atoms with Crippen molar-refractivity contribution in [1.29, 1.82) is 0 Å². The first-order valence-corrected chi connectivity index (χ1v) is 12.2. The first kappa shape index (κ1) is 25.0. The predicted molar refractivity (Wildman–Crippen MR) is 139 cm³/mol. The number of aryl methyl sites for hydroxylation is 2. The van der Waals surface area contributed by atoms with Crippen molar-refractivity contribution in [2.75, 3.05) is 5.32 Å². The summed E-state index contributed by atoms with van der Waals surface area (Å²) in [6, 6.07) is 23.2. The second-order valence-electron chi connectivity index (χ2n) is 9.23. The number of hydrogen-bond acceptors (Lipinski definition) is 3. The Morgan fingerprint density at radius 1 is 0.944 bits per heavy atom. The summed E-state index contributed by atoms with van der Waals surface area (Å²) in [5.41, 5.74) is 4.81. The summed E-state index contributed by atoms with van der Waals surface area (Å²) in [7, 11) is 0. The number of hydrogen-bond donors (Lipinski definition) is 3. The molecule has 7 heteroatoms. The minimum Gasteiger partial charge on any atom is -0.481 e. The van der Waals surface area contributed by atoms with Crippen molar-refractivity contribution in [3.05, 3.63) is 101 Å². The Kier molecular flexibility index (Phi) is 8.00. The second kappa shape index (κ2) is 11.5. The smallest absolute Gasteiger partial charge is 0.319 e. The molecule has 0 spiro atoms. The number of carboxylic acid groups (broad SMARTS) is 1. The van der Waals surface area contributed by atoms with Gasteiger partial charge >= 0.3 is 12.0 Å². The number of carboxylic acids is 1. The summed E-state index contributed by atoms with van der Waals surface area (Å²) in [4.78, 5) is 40.0. The van der Waals surface area contributed by atoms with Gasteiger partial charge in [-0.2, -0.15) is 0 Å². The highest BCUT2D eigenvalue weighted by molar-refractivity contribution is 5.94. The maximum Gasteiger partial charge on any atom is 0.319 e. The number of carbonyl (C=O) groups excluding carboxylic acids is 2. The van der Waals surface area contributed by atoms with Crippen LogP contribution in [-0.2, 0) is 29.0 Å². The van der Waals surface area contributed by atoms with E-state index in [1.165, 1.54) is 0 Å². The molecule has 0 aromatic heterocycles. The fourth-order valence-corrected chi connectivity index (χ4v) is 4.60. The summed E-state index contributed by atoms with van der Waals surface area (Å²) >= 11 is 0. The van der Waals surface area contributed by atoms with Crippen LogP contribution in [0.1, 0.15) is 35.1 Å². The van der Waals surface area contributed by atoms with E-state index in [1.807, 2.05) is 73.7 Å². The first-order chi connectivity index (χ1) is 17.4. The zero-order chi connectivity index (χ0) is 25.5. The Morgan fingerprint density at radius 3 is 2.31 bits per heavy atom. The molecule has 2 atom stereocenters. The normalized spacial score (nSPS) is 15.5. The Bertz CT molecular complexity index is 1210. The lowest BCUT2D eigenvalue weighted by molar-refractivity contribution is -0.142. The third kappa shape index (κ3) is 6.50. The van der Waals surface area contributed by atoms with Gasteiger partial charge in [-0.1, -0.05) is 72.3 Å². The van der Waals surface area contributed by atoms with E-state index in [2.05, 4.69) is 10.6 Å². The van der Waals surface area contributed by atoms with Crippen LogP contribution in [0.2, 0.25) is 0 Å². The van der Waals surface area contributed by atoms with Gasteiger partial charge in [0.25, 0.3) is 0 Å². The molecule has 3 N–H and O–H groups in total. The number of benzene rings is 3. The van der Waals surface area contributed by atoms with Crippen LogP contribution in [0, 0.1) is 6.92 Å². The lowest BCUT2D eigenvalue weighted by Crippen LogP contribution is -2.54. The van der Waals surface area contributed by atoms with E-state index >= 15 is 0 Å². The second-order valence-corrected chi connectivity index (χ2v) is 9.23. The molecule has 0 aliphatic carbocycles. The van der Waals surface area contributed by atoms with Crippen molar-refractivity contribution >= 4 is 23.6 Å². The van der Waals surface area contributed by atoms with Crippen molar-refractivity contribution in [3.8, 4) is 0 Å². The maximum absolute atomic E-state index is 13.8. The standard InChI is InChI=1S/C29H31N3O4/c1-20-11-14-24(15-12-20)30-29(36)31-26(16-13-21-7-3-2-4-8-21)28(35)32-19-23-10-6-5-9-22(23)17-25(32)18-27(33)34/h2-12,14-15,25-26H,13,16-19H2,1H3,(H,33,34)(H2,30,31,36)/t25-,26+/m1/s1. The fourth-order valence-electron chi connectivity index (χ4n) is 4.60. The Hall–Kier alpha value is -4.13. The van der Waals surface area contributed by atoms with E-state index in [9.17, 15) is 19.5 Å². The number of anilines is 1. The molecule has 0 unspecified atom stereocenters. The van der Waals surface area contributed by atoms with E-state index in [1.54, 1.807) is 17.0 Å². The number of nitrogens with zero attached hydrogens (tertiary/aromatic N) is 1. The molecular formula is C29H31N3O4. The molecule has 0 fully saturated rings. The quantitative estimate of drug-likeness (QED) is 0.436. The molecule has 7 nitrogen and oxygen atoms in total. The average Bonchev–Trinajstić information content (AvgIpc) is 2.87. The van der Waals surface area contributed by atoms with E-state index < -0.39 is 24.1 Å². The van der Waals surface area contributed by atoms with Gasteiger partial charge in [0.15, 0.2) is 0 Å². The summed E-state index contributed by atoms with van der Waals surface area (Å²) in [5, 5.41) is 15.2. The van der Waals surface area contributed by atoms with Crippen molar-refractivity contribution in [1.82, 2.24) is 10.2 Å². The topological polar surface area (TPSA) is 98.7 Å². The van der Waals surface area contributed by atoms with Crippen LogP contribution < -0.4 is 10.6 Å². The van der Waals surface area contributed by atoms with Gasteiger partial charge in [0, 0.05) is 18.3 Å². The summed E-state index contributed by atoms with van der Waals surface area (Å²) < 4.78 is 0. The van der Waals surface area contributed by atoms with E-state index in [-0.39, 0.29) is 12.3 Å². The lowest BCUT2D eigenvalue weighted by atomic mass is 9.91. The van der Waals surface area contributed by atoms with Crippen LogP contribution in [0.3, 0.4) is 0 Å². The Morgan fingerprint density at radius 2 is 1.61 bits per heavy atom. The molecule has 0 saturated heterocycles. The number of rotatable bonds is 8. The highest BCUT2D eigenvalue weighted by Gasteiger charge is 2.35. The van der Waals surface area contributed by atoms with Crippen molar-refractivity contribution < 1.29 is 19.5 Å². The van der Waals surface area contributed by atoms with Gasteiger partial charge in [-0.15, -0.1) is 0 Å². The molecule has 3 aromatic carbocycles. The average molecular weight is 486 g/mol. The van der Waals surface area contributed by atoms with Crippen molar-refractivity contribution in [3.63, 3.8) is 0 Å². The summed E-state index contributed by atoms with van der Waals surface area (Å²) in [6.45, 7) is 2.28. The zero-order valence-corrected chi connectivity index (χ0v) is 20.3. The van der Waals surface area contributed by atoms with E-state index in [4.69, 9.17) is 0 Å². The maximum atomic E-state index is 13.8. The van der Waals surface area contributed by atoms with Crippen LogP contribution >= 0.6 is 0 Å². The number of carbonyl (C=O) groups is 3. The minimum absolute atomic E-state index is 0.152. The van der Waals surface area contributed by atoms with Crippen LogP contribution in [0.25, 0.3) is 0 Å². The molecule has 1 aliphatic rings. The number of nitrogens with one attached hydrogen (secondary N) is 2. The molecule has 3 amide bonds. The van der Waals surface area contributed by atoms with Crippen LogP contribution in [0.4, 0.5) is 10.5 Å². The highest BCUT2D eigenvalue weighted by atomic mass is 16.4. The number of amides is 3. The predicted octanol–water partition coefficient (Wildman–Crippen LogP) is 4.55. The van der Waals surface area contributed by atoms with E-state index in [0.717, 1.165) is 22.3 Å². The molecular weight excluding hydrogens is 454 g/mol. The summed E-state index contributed by atoms with van der Waals surface area (Å²) in [6.07, 6.45) is 1.30. The van der Waals surface area contributed by atoms with Gasteiger partial charge in [-0.25, -0.2) is 4.79 Å². The monoisotopic (exact) mass is 485 g/mol.